The minimum Gasteiger partial charge on any atom is -0.456 e. The van der Waals surface area contributed by atoms with E-state index in [9.17, 15) is 4.79 Å². The molecule has 3 aliphatic rings. The molecule has 3 heteroatoms. The van der Waals surface area contributed by atoms with Gasteiger partial charge in [0.25, 0.3) is 0 Å². The van der Waals surface area contributed by atoms with Crippen LogP contribution in [0.15, 0.2) is 12.2 Å². The molecular formula is C13H20O3. The molecule has 0 aliphatic heterocycles. The van der Waals surface area contributed by atoms with Crippen LogP contribution in [0.5, 0.6) is 0 Å². The summed E-state index contributed by atoms with van der Waals surface area (Å²) in [6, 6.07) is 0. The number of carbonyl (C=O) groups excluding carboxylic acids is 1. The zero-order valence-electron chi connectivity index (χ0n) is 10.1. The average Bonchev–Trinajstić information content (AvgIpc) is 2.30. The van der Waals surface area contributed by atoms with Crippen molar-refractivity contribution in [3.05, 3.63) is 12.2 Å². The predicted molar refractivity (Wildman–Crippen MR) is 60.9 cm³/mol. The maximum atomic E-state index is 11.6. The number of hydrogen-bond acceptors (Lipinski definition) is 3. The predicted octanol–water partition coefficient (Wildman–Crippen LogP) is 2.31. The van der Waals surface area contributed by atoms with Crippen LogP contribution in [0.1, 0.15) is 32.6 Å². The number of ether oxygens (including phenoxy) is 2. The van der Waals surface area contributed by atoms with Gasteiger partial charge in [0.05, 0.1) is 6.10 Å². The Morgan fingerprint density at radius 1 is 1.12 bits per heavy atom. The van der Waals surface area contributed by atoms with Gasteiger partial charge in [-0.3, -0.25) is 0 Å². The molecule has 0 heterocycles. The first-order valence-corrected chi connectivity index (χ1v) is 6.02. The Morgan fingerprint density at radius 3 is 2.06 bits per heavy atom. The summed E-state index contributed by atoms with van der Waals surface area (Å²) in [4.78, 5) is 11.6. The van der Waals surface area contributed by atoms with Crippen LogP contribution in [0.3, 0.4) is 0 Å². The Balaban J connectivity index is 2.06. The zero-order valence-corrected chi connectivity index (χ0v) is 10.1. The third kappa shape index (κ3) is 2.01. The van der Waals surface area contributed by atoms with Crippen LogP contribution in [0.4, 0.5) is 0 Å². The van der Waals surface area contributed by atoms with Gasteiger partial charge in [-0.05, 0) is 44.4 Å². The van der Waals surface area contributed by atoms with E-state index < -0.39 is 0 Å². The second-order valence-corrected chi connectivity index (χ2v) is 5.03. The molecule has 2 bridgehead atoms. The second-order valence-electron chi connectivity index (χ2n) is 5.03. The van der Waals surface area contributed by atoms with Gasteiger partial charge < -0.3 is 9.47 Å². The van der Waals surface area contributed by atoms with Crippen molar-refractivity contribution in [1.82, 2.24) is 0 Å². The van der Waals surface area contributed by atoms with E-state index in [4.69, 9.17) is 9.47 Å². The fraction of sp³-hybridized carbons (Fsp3) is 0.769. The van der Waals surface area contributed by atoms with E-state index in [0.717, 1.165) is 0 Å². The average molecular weight is 224 g/mol. The van der Waals surface area contributed by atoms with Gasteiger partial charge in [0.1, 0.15) is 6.10 Å². The van der Waals surface area contributed by atoms with Gasteiger partial charge in [-0.1, -0.05) is 6.58 Å². The number of carbonyl (C=O) groups is 1. The van der Waals surface area contributed by atoms with E-state index >= 15 is 0 Å². The Labute approximate surface area is 96.8 Å². The maximum Gasteiger partial charge on any atom is 0.333 e. The molecule has 2 unspecified atom stereocenters. The van der Waals surface area contributed by atoms with Gasteiger partial charge in [-0.15, -0.1) is 0 Å². The van der Waals surface area contributed by atoms with Crippen molar-refractivity contribution < 1.29 is 14.3 Å². The van der Waals surface area contributed by atoms with Gasteiger partial charge in [-0.25, -0.2) is 4.79 Å². The fourth-order valence-corrected chi connectivity index (χ4v) is 3.05. The molecule has 3 rings (SSSR count). The van der Waals surface area contributed by atoms with Crippen LogP contribution in [-0.2, 0) is 14.3 Å². The Bertz CT molecular complexity index is 290. The number of esters is 1. The molecule has 0 aromatic carbocycles. The lowest BCUT2D eigenvalue weighted by Crippen LogP contribution is -2.51. The minimum atomic E-state index is -0.278. The molecule has 0 N–H and O–H groups in total. The summed E-state index contributed by atoms with van der Waals surface area (Å²) in [5.74, 6) is 0.774. The van der Waals surface area contributed by atoms with Crippen LogP contribution < -0.4 is 0 Å². The van der Waals surface area contributed by atoms with Crippen molar-refractivity contribution >= 4 is 5.97 Å². The topological polar surface area (TPSA) is 35.5 Å². The number of methoxy groups -OCH3 is 1. The molecule has 3 nitrogen and oxygen atoms in total. The summed E-state index contributed by atoms with van der Waals surface area (Å²) >= 11 is 0. The first-order valence-electron chi connectivity index (χ1n) is 6.02. The standard InChI is InChI=1S/C13H20O3/c1-8(2)13(14)16-12-10-6-4-9(5-7-10)11(12)15-3/h9-12H,1,4-7H2,2-3H3. The molecule has 0 saturated heterocycles. The van der Waals surface area contributed by atoms with Crippen LogP contribution >= 0.6 is 0 Å². The summed E-state index contributed by atoms with van der Waals surface area (Å²) in [5, 5.41) is 0. The van der Waals surface area contributed by atoms with Crippen molar-refractivity contribution in [1.29, 1.82) is 0 Å². The third-order valence-electron chi connectivity index (χ3n) is 3.93. The van der Waals surface area contributed by atoms with Gasteiger partial charge in [0.2, 0.25) is 0 Å². The Kier molecular flexibility index (Phi) is 3.33. The van der Waals surface area contributed by atoms with Crippen molar-refractivity contribution in [2.75, 3.05) is 7.11 Å². The van der Waals surface area contributed by atoms with E-state index in [-0.39, 0.29) is 18.2 Å². The van der Waals surface area contributed by atoms with E-state index in [1.54, 1.807) is 14.0 Å². The first kappa shape index (κ1) is 11.6. The zero-order chi connectivity index (χ0) is 11.7. The number of rotatable bonds is 3. The van der Waals surface area contributed by atoms with Crippen molar-refractivity contribution in [3.8, 4) is 0 Å². The summed E-state index contributed by atoms with van der Waals surface area (Å²) in [7, 11) is 1.72. The largest absolute Gasteiger partial charge is 0.456 e. The van der Waals surface area contributed by atoms with E-state index in [2.05, 4.69) is 6.58 Å². The summed E-state index contributed by atoms with van der Waals surface area (Å²) in [6.07, 6.45) is 4.80. The highest BCUT2D eigenvalue weighted by molar-refractivity contribution is 5.87. The molecular weight excluding hydrogens is 204 g/mol. The molecule has 0 aromatic heterocycles. The van der Waals surface area contributed by atoms with Crippen LogP contribution in [0.25, 0.3) is 0 Å². The summed E-state index contributed by atoms with van der Waals surface area (Å²) < 4.78 is 11.0. The lowest BCUT2D eigenvalue weighted by atomic mass is 9.67. The fourth-order valence-electron chi connectivity index (χ4n) is 3.05. The van der Waals surface area contributed by atoms with Crippen molar-refractivity contribution in [3.63, 3.8) is 0 Å². The normalized spacial score (nSPS) is 37.1. The van der Waals surface area contributed by atoms with Gasteiger partial charge in [-0.2, -0.15) is 0 Å². The maximum absolute atomic E-state index is 11.6. The lowest BCUT2D eigenvalue weighted by molar-refractivity contribution is -0.175. The first-order chi connectivity index (χ1) is 7.63. The Morgan fingerprint density at radius 2 is 1.62 bits per heavy atom. The molecule has 3 aliphatic carbocycles. The Hall–Kier alpha value is -0.830. The molecule has 0 radical (unpaired) electrons. The highest BCUT2D eigenvalue weighted by Crippen LogP contribution is 2.44. The highest BCUT2D eigenvalue weighted by atomic mass is 16.6. The SMILES string of the molecule is C=C(C)C(=O)OC1C2CCC(CC2)C1OC. The highest BCUT2D eigenvalue weighted by Gasteiger charge is 2.46. The summed E-state index contributed by atoms with van der Waals surface area (Å²) in [6.45, 7) is 5.30. The van der Waals surface area contributed by atoms with Crippen molar-refractivity contribution in [2.24, 2.45) is 11.8 Å². The monoisotopic (exact) mass is 224 g/mol. The molecule has 2 atom stereocenters. The van der Waals surface area contributed by atoms with Crippen LogP contribution in [0.2, 0.25) is 0 Å². The van der Waals surface area contributed by atoms with Gasteiger partial charge in [0, 0.05) is 12.7 Å². The quantitative estimate of drug-likeness (QED) is 0.545. The van der Waals surface area contributed by atoms with Gasteiger partial charge in [0.15, 0.2) is 0 Å². The number of fused-ring (bicyclic) bond motifs is 3. The molecule has 0 spiro atoms. The molecule has 16 heavy (non-hydrogen) atoms. The minimum absolute atomic E-state index is 0.0540. The van der Waals surface area contributed by atoms with Crippen LogP contribution in [-0.4, -0.2) is 25.3 Å². The molecule has 3 fully saturated rings. The molecule has 90 valence electrons. The molecule has 3 saturated carbocycles. The van der Waals surface area contributed by atoms with Gasteiger partial charge >= 0.3 is 5.97 Å². The number of hydrogen-bond donors (Lipinski definition) is 0. The second kappa shape index (κ2) is 4.58. The smallest absolute Gasteiger partial charge is 0.333 e. The van der Waals surface area contributed by atoms with Crippen molar-refractivity contribution in [2.45, 2.75) is 44.8 Å². The lowest BCUT2D eigenvalue weighted by Gasteiger charge is -2.46. The third-order valence-corrected chi connectivity index (χ3v) is 3.93. The van der Waals surface area contributed by atoms with E-state index in [1.807, 2.05) is 0 Å². The molecule has 0 aromatic rings. The summed E-state index contributed by atoms with van der Waals surface area (Å²) in [5.41, 5.74) is 0.469. The molecule has 0 amide bonds. The van der Waals surface area contributed by atoms with E-state index in [0.29, 0.717) is 17.4 Å². The van der Waals surface area contributed by atoms with Crippen LogP contribution in [0, 0.1) is 11.8 Å². The van der Waals surface area contributed by atoms with E-state index in [1.165, 1.54) is 25.7 Å².